The third-order valence-corrected chi connectivity index (χ3v) is 3.14. The Balaban J connectivity index is 1.64. The lowest BCUT2D eigenvalue weighted by molar-refractivity contribution is -0.128. The lowest BCUT2D eigenvalue weighted by atomic mass is 10.1. The van der Waals surface area contributed by atoms with Gasteiger partial charge in [-0.1, -0.05) is 18.2 Å². The van der Waals surface area contributed by atoms with Crippen molar-refractivity contribution in [1.82, 2.24) is 10.8 Å². The number of carbonyl (C=O) groups is 2. The van der Waals surface area contributed by atoms with Gasteiger partial charge in [0.05, 0.1) is 0 Å². The zero-order chi connectivity index (χ0) is 12.5. The normalized spacial score (nSPS) is 25.2. The summed E-state index contributed by atoms with van der Waals surface area (Å²) in [5.41, 5.74) is 4.30. The molecule has 0 saturated carbocycles. The van der Waals surface area contributed by atoms with E-state index in [1.54, 1.807) is 0 Å². The molecule has 1 aromatic rings. The van der Waals surface area contributed by atoms with E-state index in [0.29, 0.717) is 6.42 Å². The molecule has 0 spiro atoms. The van der Waals surface area contributed by atoms with Gasteiger partial charge in [0.1, 0.15) is 18.7 Å². The van der Waals surface area contributed by atoms with Gasteiger partial charge in [0.2, 0.25) is 5.91 Å². The van der Waals surface area contributed by atoms with Crippen molar-refractivity contribution in [3.05, 3.63) is 29.8 Å². The zero-order valence-corrected chi connectivity index (χ0v) is 9.60. The minimum atomic E-state index is -0.594. The Kier molecular flexibility index (Phi) is 2.64. The number of rotatable bonds is 2. The van der Waals surface area contributed by atoms with E-state index in [-0.39, 0.29) is 24.5 Å². The lowest BCUT2D eigenvalue weighted by Crippen LogP contribution is -2.47. The number of carbonyl (C=O) groups excluding carboxylic acids is 2. The number of hydrogen-bond acceptors (Lipinski definition) is 4. The first-order valence-electron chi connectivity index (χ1n) is 5.80. The van der Waals surface area contributed by atoms with Gasteiger partial charge in [0.25, 0.3) is 5.91 Å². The molecular weight excluding hydrogens is 234 g/mol. The van der Waals surface area contributed by atoms with Gasteiger partial charge in [0.15, 0.2) is 0 Å². The molecule has 2 atom stereocenters. The molecule has 6 heteroatoms. The number of nitrogens with one attached hydrogen (secondary N) is 3. The maximum atomic E-state index is 12.0. The van der Waals surface area contributed by atoms with Gasteiger partial charge in [-0.3, -0.25) is 14.4 Å². The molecule has 2 aliphatic heterocycles. The monoisotopic (exact) mass is 247 g/mol. The largest absolute Gasteiger partial charge is 0.373 e. The standard InChI is InChI=1S/C12H13N3O3/c16-11(14-10-6-18-15-12(10)17)9-5-7-3-1-2-4-8(7)13-9/h1-4,9-10,13H,5-6H2,(H,14,16)(H,15,17)/t9?,10-/m1/s1. The van der Waals surface area contributed by atoms with Crippen molar-refractivity contribution in [1.29, 1.82) is 0 Å². The molecule has 3 rings (SSSR count). The summed E-state index contributed by atoms with van der Waals surface area (Å²) in [4.78, 5) is 28.0. The number of hydrogen-bond donors (Lipinski definition) is 3. The van der Waals surface area contributed by atoms with Crippen LogP contribution >= 0.6 is 0 Å². The van der Waals surface area contributed by atoms with E-state index < -0.39 is 6.04 Å². The number of amides is 2. The van der Waals surface area contributed by atoms with E-state index in [1.807, 2.05) is 24.3 Å². The van der Waals surface area contributed by atoms with Crippen molar-refractivity contribution in [3.63, 3.8) is 0 Å². The van der Waals surface area contributed by atoms with E-state index in [4.69, 9.17) is 4.84 Å². The molecule has 6 nitrogen and oxygen atoms in total. The van der Waals surface area contributed by atoms with Gasteiger partial charge < -0.3 is 10.6 Å². The number of fused-ring (bicyclic) bond motifs is 1. The second-order valence-electron chi connectivity index (χ2n) is 4.40. The predicted octanol–water partition coefficient (Wildman–Crippen LogP) is -0.431. The molecule has 2 amide bonds. The van der Waals surface area contributed by atoms with Gasteiger partial charge >= 0.3 is 0 Å². The molecule has 2 heterocycles. The Labute approximate surface area is 104 Å². The van der Waals surface area contributed by atoms with E-state index in [2.05, 4.69) is 16.1 Å². The summed E-state index contributed by atoms with van der Waals surface area (Å²) in [6.45, 7) is 0.171. The third kappa shape index (κ3) is 1.91. The first kappa shape index (κ1) is 11.0. The summed E-state index contributed by atoms with van der Waals surface area (Å²) >= 11 is 0. The first-order valence-corrected chi connectivity index (χ1v) is 5.80. The molecule has 0 aliphatic carbocycles. The average molecular weight is 247 g/mol. The van der Waals surface area contributed by atoms with E-state index in [1.165, 1.54) is 0 Å². The molecule has 1 saturated heterocycles. The van der Waals surface area contributed by atoms with Crippen LogP contribution in [0, 0.1) is 0 Å². The van der Waals surface area contributed by atoms with Crippen molar-refractivity contribution >= 4 is 17.5 Å². The quantitative estimate of drug-likeness (QED) is 0.662. The van der Waals surface area contributed by atoms with Crippen LogP contribution < -0.4 is 16.1 Å². The SMILES string of the molecule is O=C(N[C@@H]1CONC1=O)C1Cc2ccccc2N1. The predicted molar refractivity (Wildman–Crippen MR) is 63.6 cm³/mol. The summed E-state index contributed by atoms with van der Waals surface area (Å²) < 4.78 is 0. The van der Waals surface area contributed by atoms with Crippen molar-refractivity contribution in [2.45, 2.75) is 18.5 Å². The molecule has 94 valence electrons. The Hall–Kier alpha value is -2.08. The minimum absolute atomic E-state index is 0.171. The summed E-state index contributed by atoms with van der Waals surface area (Å²) in [6.07, 6.45) is 0.636. The van der Waals surface area contributed by atoms with E-state index in [9.17, 15) is 9.59 Å². The molecule has 0 radical (unpaired) electrons. The summed E-state index contributed by atoms with van der Waals surface area (Å²) in [5.74, 6) is -0.490. The zero-order valence-electron chi connectivity index (χ0n) is 9.60. The molecular formula is C12H13N3O3. The van der Waals surface area contributed by atoms with Gasteiger partial charge in [0, 0.05) is 12.1 Å². The summed E-state index contributed by atoms with van der Waals surface area (Å²) in [5, 5.41) is 5.81. The second kappa shape index (κ2) is 4.30. The molecule has 18 heavy (non-hydrogen) atoms. The van der Waals surface area contributed by atoms with Crippen LogP contribution in [0.1, 0.15) is 5.56 Å². The van der Waals surface area contributed by atoms with Gasteiger partial charge in [-0.05, 0) is 11.6 Å². The highest BCUT2D eigenvalue weighted by atomic mass is 16.7. The smallest absolute Gasteiger partial charge is 0.268 e. The topological polar surface area (TPSA) is 79.5 Å². The number of benzene rings is 1. The van der Waals surface area contributed by atoms with Gasteiger partial charge in [-0.2, -0.15) is 0 Å². The fourth-order valence-corrected chi connectivity index (χ4v) is 2.18. The highest BCUT2D eigenvalue weighted by molar-refractivity contribution is 5.92. The Bertz CT molecular complexity index is 478. The van der Waals surface area contributed by atoms with Crippen molar-refractivity contribution < 1.29 is 14.4 Å². The third-order valence-electron chi connectivity index (χ3n) is 3.14. The van der Waals surface area contributed by atoms with Gasteiger partial charge in [-0.25, -0.2) is 5.48 Å². The van der Waals surface area contributed by atoms with Crippen LogP contribution in [0.2, 0.25) is 0 Å². The molecule has 1 fully saturated rings. The molecule has 1 aromatic carbocycles. The Morgan fingerprint density at radius 2 is 2.22 bits per heavy atom. The Morgan fingerprint density at radius 3 is 2.94 bits per heavy atom. The Morgan fingerprint density at radius 1 is 1.39 bits per heavy atom. The van der Waals surface area contributed by atoms with Crippen LogP contribution in [0.4, 0.5) is 5.69 Å². The fourth-order valence-electron chi connectivity index (χ4n) is 2.18. The first-order chi connectivity index (χ1) is 8.74. The average Bonchev–Trinajstić information content (AvgIpc) is 2.96. The van der Waals surface area contributed by atoms with Crippen molar-refractivity contribution in [2.24, 2.45) is 0 Å². The van der Waals surface area contributed by atoms with Crippen molar-refractivity contribution in [3.8, 4) is 0 Å². The number of anilines is 1. The molecule has 0 bridgehead atoms. The molecule has 0 aromatic heterocycles. The highest BCUT2D eigenvalue weighted by Gasteiger charge is 2.32. The minimum Gasteiger partial charge on any atom is -0.373 e. The maximum absolute atomic E-state index is 12.0. The van der Waals surface area contributed by atoms with Crippen LogP contribution in [-0.4, -0.2) is 30.5 Å². The second-order valence-corrected chi connectivity index (χ2v) is 4.40. The van der Waals surface area contributed by atoms with Crippen LogP contribution in [0.15, 0.2) is 24.3 Å². The van der Waals surface area contributed by atoms with E-state index in [0.717, 1.165) is 11.3 Å². The maximum Gasteiger partial charge on any atom is 0.268 e. The van der Waals surface area contributed by atoms with Gasteiger partial charge in [-0.15, -0.1) is 0 Å². The fraction of sp³-hybridized carbons (Fsp3) is 0.333. The van der Waals surface area contributed by atoms with Crippen LogP contribution in [-0.2, 0) is 20.8 Å². The lowest BCUT2D eigenvalue weighted by Gasteiger charge is -2.14. The molecule has 1 unspecified atom stereocenters. The van der Waals surface area contributed by atoms with Crippen molar-refractivity contribution in [2.75, 3.05) is 11.9 Å². The number of hydroxylamine groups is 1. The summed E-state index contributed by atoms with van der Waals surface area (Å²) in [6, 6.07) is 6.87. The van der Waals surface area contributed by atoms with Crippen LogP contribution in [0.5, 0.6) is 0 Å². The van der Waals surface area contributed by atoms with E-state index >= 15 is 0 Å². The van der Waals surface area contributed by atoms with Crippen LogP contribution in [0.25, 0.3) is 0 Å². The number of para-hydroxylation sites is 1. The van der Waals surface area contributed by atoms with Crippen LogP contribution in [0.3, 0.4) is 0 Å². The summed E-state index contributed by atoms with van der Waals surface area (Å²) in [7, 11) is 0. The molecule has 3 N–H and O–H groups in total. The molecule has 2 aliphatic rings. The highest BCUT2D eigenvalue weighted by Crippen LogP contribution is 2.25.